The Labute approximate surface area is 142 Å². The van der Waals surface area contributed by atoms with E-state index in [1.807, 2.05) is 30.3 Å². The largest absolute Gasteiger partial charge is 0.479 e. The molecule has 1 fully saturated rings. The van der Waals surface area contributed by atoms with Crippen molar-refractivity contribution in [3.05, 3.63) is 68.5 Å². The molecule has 8 heteroatoms. The zero-order chi connectivity index (χ0) is 18.0. The van der Waals surface area contributed by atoms with E-state index < -0.39 is 35.7 Å². The minimum atomic E-state index is -1.19. The molecule has 0 unspecified atom stereocenters. The van der Waals surface area contributed by atoms with Crippen LogP contribution in [0.2, 0.25) is 0 Å². The van der Waals surface area contributed by atoms with E-state index in [0.29, 0.717) is 5.56 Å². The molecule has 25 heavy (non-hydrogen) atoms. The molecule has 1 aliphatic heterocycles. The number of aromatic amines is 1. The summed E-state index contributed by atoms with van der Waals surface area (Å²) >= 11 is 0. The zero-order valence-electron chi connectivity index (χ0n) is 13.5. The predicted molar refractivity (Wildman–Crippen MR) is 87.2 cm³/mol. The molecule has 3 atom stereocenters. The number of benzene rings is 1. The molecule has 3 rings (SSSR count). The summed E-state index contributed by atoms with van der Waals surface area (Å²) in [7, 11) is 0. The number of aryl methyl sites for hydroxylation is 1. The lowest BCUT2D eigenvalue weighted by Crippen LogP contribution is -2.34. The van der Waals surface area contributed by atoms with E-state index >= 15 is 0 Å². The molecule has 2 aromatic rings. The normalized spacial score (nSPS) is 22.8. The lowest BCUT2D eigenvalue weighted by molar-refractivity contribution is -0.157. The quantitative estimate of drug-likeness (QED) is 0.829. The first kappa shape index (κ1) is 17.1. The van der Waals surface area contributed by atoms with Gasteiger partial charge in [0, 0.05) is 18.2 Å². The average Bonchev–Trinajstić information content (AvgIpc) is 3.01. The van der Waals surface area contributed by atoms with Gasteiger partial charge in [0.05, 0.1) is 12.7 Å². The van der Waals surface area contributed by atoms with Crippen LogP contribution < -0.4 is 11.2 Å². The molecule has 1 aromatic carbocycles. The predicted octanol–water partition coefficient (Wildman–Crippen LogP) is 0.803. The first-order valence-corrected chi connectivity index (χ1v) is 7.81. The van der Waals surface area contributed by atoms with Gasteiger partial charge in [0.25, 0.3) is 5.56 Å². The molecule has 0 bridgehead atoms. The Morgan fingerprint density at radius 1 is 1.36 bits per heavy atom. The highest BCUT2D eigenvalue weighted by Gasteiger charge is 2.42. The van der Waals surface area contributed by atoms with Crippen LogP contribution in [-0.4, -0.2) is 32.8 Å². The van der Waals surface area contributed by atoms with Gasteiger partial charge in [0.1, 0.15) is 6.23 Å². The Morgan fingerprint density at radius 2 is 2.08 bits per heavy atom. The third-order valence-electron chi connectivity index (χ3n) is 4.08. The molecule has 0 radical (unpaired) electrons. The molecule has 1 saturated heterocycles. The lowest BCUT2D eigenvalue weighted by Gasteiger charge is -2.15. The second-order valence-electron chi connectivity index (χ2n) is 5.90. The van der Waals surface area contributed by atoms with Crippen LogP contribution in [0.5, 0.6) is 0 Å². The first-order chi connectivity index (χ1) is 12.0. The lowest BCUT2D eigenvalue weighted by atomic mass is 10.1. The fourth-order valence-corrected chi connectivity index (χ4v) is 2.76. The van der Waals surface area contributed by atoms with Gasteiger partial charge >= 0.3 is 11.7 Å². The number of ether oxygens (including phenoxy) is 2. The highest BCUT2D eigenvalue weighted by atomic mass is 16.6. The van der Waals surface area contributed by atoms with Crippen molar-refractivity contribution in [3.63, 3.8) is 0 Å². The van der Waals surface area contributed by atoms with Crippen molar-refractivity contribution in [2.45, 2.75) is 38.4 Å². The van der Waals surface area contributed by atoms with Gasteiger partial charge in [-0.2, -0.15) is 0 Å². The highest BCUT2D eigenvalue weighted by molar-refractivity contribution is 5.73. The second-order valence-corrected chi connectivity index (χ2v) is 5.90. The van der Waals surface area contributed by atoms with E-state index in [0.717, 1.165) is 5.56 Å². The van der Waals surface area contributed by atoms with Crippen molar-refractivity contribution in [1.82, 2.24) is 9.55 Å². The Morgan fingerprint density at radius 3 is 2.76 bits per heavy atom. The van der Waals surface area contributed by atoms with Crippen LogP contribution in [0, 0.1) is 6.92 Å². The molecule has 2 heterocycles. The molecular formula is C17H18N2O6. The fourth-order valence-electron chi connectivity index (χ4n) is 2.76. The van der Waals surface area contributed by atoms with Crippen molar-refractivity contribution >= 4 is 5.97 Å². The Balaban J connectivity index is 1.78. The molecule has 1 aliphatic rings. The molecule has 0 aliphatic carbocycles. The summed E-state index contributed by atoms with van der Waals surface area (Å²) < 4.78 is 12.4. The van der Waals surface area contributed by atoms with E-state index in [-0.39, 0.29) is 13.0 Å². The number of H-pyrrole nitrogens is 1. The van der Waals surface area contributed by atoms with Crippen LogP contribution >= 0.6 is 0 Å². The number of hydrogen-bond acceptors (Lipinski definition) is 5. The van der Waals surface area contributed by atoms with Gasteiger partial charge in [-0.05, 0) is 12.5 Å². The minimum absolute atomic E-state index is 0.190. The average molecular weight is 346 g/mol. The summed E-state index contributed by atoms with van der Waals surface area (Å²) in [6.07, 6.45) is -1.15. The molecular weight excluding hydrogens is 328 g/mol. The number of carboxylic acid groups (broad SMARTS) is 1. The van der Waals surface area contributed by atoms with Gasteiger partial charge in [-0.15, -0.1) is 0 Å². The van der Waals surface area contributed by atoms with Crippen LogP contribution in [0.3, 0.4) is 0 Å². The standard InChI is InChI=1S/C17H18N2O6/c1-10-8-19(17(23)18-15(10)20)13-7-12(14(25-13)16(21)22)24-9-11-5-3-2-4-6-11/h2-6,8,12-14H,7,9H2,1H3,(H,21,22)(H,18,20,23)/t12-,13+,14-/m0/s1. The number of nitrogens with one attached hydrogen (secondary N) is 1. The fraction of sp³-hybridized carbons (Fsp3) is 0.353. The van der Waals surface area contributed by atoms with E-state index in [9.17, 15) is 19.5 Å². The van der Waals surface area contributed by atoms with E-state index in [2.05, 4.69) is 4.98 Å². The van der Waals surface area contributed by atoms with Crippen molar-refractivity contribution in [1.29, 1.82) is 0 Å². The molecule has 2 N–H and O–H groups in total. The maximum absolute atomic E-state index is 12.0. The molecule has 132 valence electrons. The summed E-state index contributed by atoms with van der Waals surface area (Å²) in [5.74, 6) is -1.16. The van der Waals surface area contributed by atoms with Gasteiger partial charge in [-0.1, -0.05) is 30.3 Å². The Kier molecular flexibility index (Phi) is 4.82. The van der Waals surface area contributed by atoms with Crippen molar-refractivity contribution in [2.24, 2.45) is 0 Å². The van der Waals surface area contributed by atoms with Crippen LogP contribution in [0.25, 0.3) is 0 Å². The number of hydrogen-bond donors (Lipinski definition) is 2. The highest BCUT2D eigenvalue weighted by Crippen LogP contribution is 2.30. The summed E-state index contributed by atoms with van der Waals surface area (Å²) in [5, 5.41) is 9.36. The van der Waals surface area contributed by atoms with Crippen molar-refractivity contribution in [3.8, 4) is 0 Å². The van der Waals surface area contributed by atoms with Gasteiger partial charge in [0.15, 0.2) is 6.10 Å². The SMILES string of the molecule is Cc1cn([C@H]2C[C@H](OCc3ccccc3)[C@@H](C(=O)O)O2)c(=O)[nH]c1=O. The number of aliphatic carboxylic acids is 1. The monoisotopic (exact) mass is 346 g/mol. The maximum atomic E-state index is 12.0. The van der Waals surface area contributed by atoms with Crippen molar-refractivity contribution < 1.29 is 19.4 Å². The summed E-state index contributed by atoms with van der Waals surface area (Å²) in [6.45, 7) is 1.80. The van der Waals surface area contributed by atoms with Gasteiger partial charge in [-0.3, -0.25) is 14.3 Å². The number of carbonyl (C=O) groups is 1. The molecule has 1 aromatic heterocycles. The van der Waals surface area contributed by atoms with Gasteiger partial charge in [0.2, 0.25) is 0 Å². The summed E-state index contributed by atoms with van der Waals surface area (Å²) in [5.41, 5.74) is 0.121. The number of rotatable bonds is 5. The molecule has 8 nitrogen and oxygen atoms in total. The number of nitrogens with zero attached hydrogens (tertiary/aromatic N) is 1. The molecule has 0 saturated carbocycles. The van der Waals surface area contributed by atoms with Gasteiger partial charge < -0.3 is 14.6 Å². The van der Waals surface area contributed by atoms with E-state index in [4.69, 9.17) is 9.47 Å². The smallest absolute Gasteiger partial charge is 0.335 e. The van der Waals surface area contributed by atoms with Crippen LogP contribution in [-0.2, 0) is 20.9 Å². The Bertz CT molecular complexity index is 873. The van der Waals surface area contributed by atoms with Crippen LogP contribution in [0.4, 0.5) is 0 Å². The second kappa shape index (κ2) is 7.04. The third-order valence-corrected chi connectivity index (χ3v) is 4.08. The Hall–Kier alpha value is -2.71. The van der Waals surface area contributed by atoms with E-state index in [1.54, 1.807) is 6.92 Å². The van der Waals surface area contributed by atoms with Gasteiger partial charge in [-0.25, -0.2) is 9.59 Å². The van der Waals surface area contributed by atoms with E-state index in [1.165, 1.54) is 10.8 Å². The van der Waals surface area contributed by atoms with Crippen LogP contribution in [0.15, 0.2) is 46.1 Å². The summed E-state index contributed by atoms with van der Waals surface area (Å²) in [4.78, 5) is 37.1. The van der Waals surface area contributed by atoms with Crippen LogP contribution in [0.1, 0.15) is 23.8 Å². The summed E-state index contributed by atoms with van der Waals surface area (Å²) in [6, 6.07) is 9.36. The zero-order valence-corrected chi connectivity index (χ0v) is 13.5. The number of carboxylic acids is 1. The first-order valence-electron chi connectivity index (χ1n) is 7.81. The third kappa shape index (κ3) is 3.70. The number of aromatic nitrogens is 2. The van der Waals surface area contributed by atoms with Crippen molar-refractivity contribution in [2.75, 3.05) is 0 Å². The molecule has 0 spiro atoms. The molecule has 0 amide bonds. The maximum Gasteiger partial charge on any atom is 0.335 e. The minimum Gasteiger partial charge on any atom is -0.479 e. The topological polar surface area (TPSA) is 111 Å².